The van der Waals surface area contributed by atoms with Gasteiger partial charge in [0.2, 0.25) is 5.91 Å². The van der Waals surface area contributed by atoms with Crippen molar-refractivity contribution in [2.24, 2.45) is 0 Å². The Balaban J connectivity index is 1.47. The molecule has 0 aliphatic heterocycles. The summed E-state index contributed by atoms with van der Waals surface area (Å²) in [5, 5.41) is 13.9. The van der Waals surface area contributed by atoms with Gasteiger partial charge in [0.05, 0.1) is 12.3 Å². The van der Waals surface area contributed by atoms with Gasteiger partial charge in [0.15, 0.2) is 22.5 Å². The Morgan fingerprint density at radius 3 is 2.65 bits per heavy atom. The minimum absolute atomic E-state index is 0.0357. The van der Waals surface area contributed by atoms with Crippen LogP contribution in [0.4, 0.5) is 4.39 Å². The molecule has 0 atom stereocenters. The first-order chi connectivity index (χ1) is 15.2. The van der Waals surface area contributed by atoms with Crippen LogP contribution in [0.15, 0.2) is 77.3 Å². The van der Waals surface area contributed by atoms with E-state index in [9.17, 15) is 9.18 Å². The Kier molecular flexibility index (Phi) is 6.96. The van der Waals surface area contributed by atoms with Crippen molar-refractivity contribution in [3.05, 3.63) is 88.6 Å². The molecule has 9 heteroatoms. The lowest BCUT2D eigenvalue weighted by Crippen LogP contribution is -2.24. The molecule has 0 saturated heterocycles. The molecular formula is C22H19FN4O2S2. The quantitative estimate of drug-likeness (QED) is 0.378. The molecule has 0 aliphatic carbocycles. The minimum atomic E-state index is -0.440. The summed E-state index contributed by atoms with van der Waals surface area (Å²) in [6, 6.07) is 19.7. The first-order valence-corrected chi connectivity index (χ1v) is 11.4. The van der Waals surface area contributed by atoms with Crippen molar-refractivity contribution in [2.75, 3.05) is 5.75 Å². The summed E-state index contributed by atoms with van der Waals surface area (Å²) in [6.45, 7) is 0.540. The van der Waals surface area contributed by atoms with Gasteiger partial charge in [-0.25, -0.2) is 4.39 Å². The van der Waals surface area contributed by atoms with Crippen molar-refractivity contribution in [1.29, 1.82) is 0 Å². The van der Waals surface area contributed by atoms with E-state index in [0.29, 0.717) is 17.5 Å². The number of para-hydroxylation sites is 2. The first-order valence-electron chi connectivity index (χ1n) is 9.49. The monoisotopic (exact) mass is 454 g/mol. The van der Waals surface area contributed by atoms with E-state index in [1.54, 1.807) is 29.5 Å². The predicted molar refractivity (Wildman–Crippen MR) is 119 cm³/mol. The summed E-state index contributed by atoms with van der Waals surface area (Å²) in [4.78, 5) is 13.4. The second kappa shape index (κ2) is 10.2. The standard InChI is InChI=1S/C22H19FN4O2S2/c23-18-10-4-5-11-19(18)29-14-20-25-26-22(27(20)16-7-2-1-3-8-16)31-15-21(28)24-13-17-9-6-12-30-17/h1-12H,13-15H2,(H,24,28). The average molecular weight is 455 g/mol. The van der Waals surface area contributed by atoms with Crippen LogP contribution in [-0.2, 0) is 17.9 Å². The molecule has 2 aromatic heterocycles. The third kappa shape index (κ3) is 5.50. The number of hydrogen-bond donors (Lipinski definition) is 1. The van der Waals surface area contributed by atoms with Crippen LogP contribution in [0, 0.1) is 5.82 Å². The fraction of sp³-hybridized carbons (Fsp3) is 0.136. The maximum Gasteiger partial charge on any atom is 0.230 e. The Bertz CT molecular complexity index is 1130. The number of ether oxygens (including phenoxy) is 1. The summed E-state index contributed by atoms with van der Waals surface area (Å²) in [7, 11) is 0. The molecule has 0 unspecified atom stereocenters. The van der Waals surface area contributed by atoms with E-state index in [2.05, 4.69) is 15.5 Å². The van der Waals surface area contributed by atoms with Crippen molar-refractivity contribution in [1.82, 2.24) is 20.1 Å². The number of carbonyl (C=O) groups excluding carboxylic acids is 1. The lowest BCUT2D eigenvalue weighted by molar-refractivity contribution is -0.118. The average Bonchev–Trinajstić information content (AvgIpc) is 3.46. The normalized spacial score (nSPS) is 10.7. The van der Waals surface area contributed by atoms with E-state index >= 15 is 0 Å². The number of thioether (sulfide) groups is 1. The van der Waals surface area contributed by atoms with Crippen molar-refractivity contribution < 1.29 is 13.9 Å². The zero-order valence-electron chi connectivity index (χ0n) is 16.4. The Morgan fingerprint density at radius 2 is 1.87 bits per heavy atom. The third-order valence-corrected chi connectivity index (χ3v) is 6.09. The van der Waals surface area contributed by atoms with E-state index in [0.717, 1.165) is 10.6 Å². The molecule has 31 heavy (non-hydrogen) atoms. The van der Waals surface area contributed by atoms with Gasteiger partial charge in [-0.15, -0.1) is 21.5 Å². The van der Waals surface area contributed by atoms with E-state index in [1.807, 2.05) is 52.4 Å². The molecular weight excluding hydrogens is 435 g/mol. The van der Waals surface area contributed by atoms with Gasteiger partial charge in [-0.3, -0.25) is 9.36 Å². The van der Waals surface area contributed by atoms with E-state index in [-0.39, 0.29) is 24.0 Å². The van der Waals surface area contributed by atoms with Crippen molar-refractivity contribution in [3.63, 3.8) is 0 Å². The summed E-state index contributed by atoms with van der Waals surface area (Å²) < 4.78 is 21.3. The molecule has 0 fully saturated rings. The molecule has 1 amide bonds. The molecule has 4 aromatic rings. The van der Waals surface area contributed by atoms with Crippen LogP contribution in [0.1, 0.15) is 10.7 Å². The molecule has 4 rings (SSSR count). The number of halogens is 1. The summed E-state index contributed by atoms with van der Waals surface area (Å²) in [5.41, 5.74) is 0.834. The molecule has 6 nitrogen and oxygen atoms in total. The Morgan fingerprint density at radius 1 is 1.06 bits per heavy atom. The van der Waals surface area contributed by atoms with Gasteiger partial charge in [-0.2, -0.15) is 0 Å². The van der Waals surface area contributed by atoms with Gasteiger partial charge in [-0.1, -0.05) is 48.2 Å². The van der Waals surface area contributed by atoms with Gasteiger partial charge in [0.1, 0.15) is 6.61 Å². The van der Waals surface area contributed by atoms with Crippen LogP contribution in [-0.4, -0.2) is 26.4 Å². The fourth-order valence-corrected chi connectivity index (χ4v) is 4.25. The van der Waals surface area contributed by atoms with E-state index in [1.165, 1.54) is 17.8 Å². The van der Waals surface area contributed by atoms with Crippen LogP contribution < -0.4 is 10.1 Å². The molecule has 0 aliphatic rings. The number of amides is 1. The topological polar surface area (TPSA) is 69.0 Å². The fourth-order valence-electron chi connectivity index (χ4n) is 2.81. The van der Waals surface area contributed by atoms with E-state index in [4.69, 9.17) is 4.74 Å². The number of nitrogens with one attached hydrogen (secondary N) is 1. The van der Waals surface area contributed by atoms with Crippen LogP contribution in [0.5, 0.6) is 5.75 Å². The summed E-state index contributed by atoms with van der Waals surface area (Å²) in [6.07, 6.45) is 0. The minimum Gasteiger partial charge on any atom is -0.483 e. The SMILES string of the molecule is O=C(CSc1nnc(COc2ccccc2F)n1-c1ccccc1)NCc1cccs1. The van der Waals surface area contributed by atoms with Crippen LogP contribution in [0.2, 0.25) is 0 Å². The summed E-state index contributed by atoms with van der Waals surface area (Å²) >= 11 is 2.88. The maximum atomic E-state index is 13.9. The van der Waals surface area contributed by atoms with Gasteiger partial charge in [-0.05, 0) is 35.7 Å². The molecule has 0 bridgehead atoms. The first kappa shape index (κ1) is 21.1. The van der Waals surface area contributed by atoms with Crippen molar-refractivity contribution in [3.8, 4) is 11.4 Å². The molecule has 2 aromatic carbocycles. The van der Waals surface area contributed by atoms with E-state index < -0.39 is 5.82 Å². The number of hydrogen-bond acceptors (Lipinski definition) is 6. The third-order valence-electron chi connectivity index (χ3n) is 4.28. The Hall–Kier alpha value is -3.17. The number of nitrogens with zero attached hydrogens (tertiary/aromatic N) is 3. The highest BCUT2D eigenvalue weighted by molar-refractivity contribution is 7.99. The van der Waals surface area contributed by atoms with Crippen molar-refractivity contribution >= 4 is 29.0 Å². The molecule has 0 radical (unpaired) electrons. The smallest absolute Gasteiger partial charge is 0.230 e. The molecule has 1 N–H and O–H groups in total. The number of rotatable bonds is 9. The van der Waals surface area contributed by atoms with Crippen molar-refractivity contribution in [2.45, 2.75) is 18.3 Å². The highest BCUT2D eigenvalue weighted by Gasteiger charge is 2.17. The zero-order chi connectivity index (χ0) is 21.5. The van der Waals surface area contributed by atoms with Gasteiger partial charge >= 0.3 is 0 Å². The number of benzene rings is 2. The molecule has 2 heterocycles. The number of aromatic nitrogens is 3. The van der Waals surface area contributed by atoms with Gasteiger partial charge in [0.25, 0.3) is 0 Å². The zero-order valence-corrected chi connectivity index (χ0v) is 18.0. The predicted octanol–water partition coefficient (Wildman–Crippen LogP) is 4.46. The largest absolute Gasteiger partial charge is 0.483 e. The highest BCUT2D eigenvalue weighted by Crippen LogP contribution is 2.24. The van der Waals surface area contributed by atoms with Crippen LogP contribution >= 0.6 is 23.1 Å². The number of thiophene rings is 1. The van der Waals surface area contributed by atoms with Crippen LogP contribution in [0.25, 0.3) is 5.69 Å². The Labute approximate surface area is 187 Å². The van der Waals surface area contributed by atoms with Crippen LogP contribution in [0.3, 0.4) is 0 Å². The van der Waals surface area contributed by atoms with Gasteiger partial charge in [0, 0.05) is 10.6 Å². The highest BCUT2D eigenvalue weighted by atomic mass is 32.2. The lowest BCUT2D eigenvalue weighted by Gasteiger charge is -2.11. The maximum absolute atomic E-state index is 13.9. The molecule has 158 valence electrons. The molecule has 0 spiro atoms. The number of carbonyl (C=O) groups is 1. The van der Waals surface area contributed by atoms with Gasteiger partial charge < -0.3 is 10.1 Å². The molecule has 0 saturated carbocycles. The summed E-state index contributed by atoms with van der Waals surface area (Å²) in [5.74, 6) is 0.323. The second-order valence-electron chi connectivity index (χ2n) is 6.43. The lowest BCUT2D eigenvalue weighted by atomic mass is 10.3. The second-order valence-corrected chi connectivity index (χ2v) is 8.41.